The summed E-state index contributed by atoms with van der Waals surface area (Å²) < 4.78 is 0. The average Bonchev–Trinajstić information content (AvgIpc) is 1.94. The fraction of sp³-hybridized carbons (Fsp3) is 1.00. The van der Waals surface area contributed by atoms with Crippen LogP contribution >= 0.6 is 0 Å². The zero-order valence-corrected chi connectivity index (χ0v) is 6.77. The van der Waals surface area contributed by atoms with Crippen LogP contribution in [-0.2, 0) is 0 Å². The van der Waals surface area contributed by atoms with E-state index in [1.54, 1.807) is 0 Å². The third kappa shape index (κ3) is 1.96. The second kappa shape index (κ2) is 3.94. The molecule has 1 heterocycles. The van der Waals surface area contributed by atoms with E-state index in [1.807, 2.05) is 0 Å². The lowest BCUT2D eigenvalue weighted by atomic mass is 9.89. The summed E-state index contributed by atoms with van der Waals surface area (Å²) in [5, 5.41) is 3.46. The van der Waals surface area contributed by atoms with Crippen molar-refractivity contribution < 1.29 is 0 Å². The molecule has 10 heavy (non-hydrogen) atoms. The molecule has 0 aromatic carbocycles. The van der Waals surface area contributed by atoms with Gasteiger partial charge in [0.15, 0.2) is 0 Å². The van der Waals surface area contributed by atoms with Gasteiger partial charge < -0.3 is 11.1 Å². The monoisotopic (exact) mass is 142 g/mol. The van der Waals surface area contributed by atoms with Crippen LogP contribution in [0.3, 0.4) is 0 Å². The highest BCUT2D eigenvalue weighted by molar-refractivity contribution is 4.77. The zero-order chi connectivity index (χ0) is 7.40. The van der Waals surface area contributed by atoms with Crippen molar-refractivity contribution in [2.45, 2.75) is 32.2 Å². The first-order valence-electron chi connectivity index (χ1n) is 4.28. The fourth-order valence-electron chi connectivity index (χ4n) is 1.72. The molecular weight excluding hydrogens is 124 g/mol. The Bertz CT molecular complexity index is 91.3. The summed E-state index contributed by atoms with van der Waals surface area (Å²) in [6, 6.07) is 0.692. The second-order valence-corrected chi connectivity index (χ2v) is 3.22. The van der Waals surface area contributed by atoms with Gasteiger partial charge >= 0.3 is 0 Å². The molecule has 0 aliphatic carbocycles. The van der Waals surface area contributed by atoms with E-state index in [1.165, 1.54) is 25.8 Å². The maximum Gasteiger partial charge on any atom is 0.00674 e. The van der Waals surface area contributed by atoms with E-state index in [-0.39, 0.29) is 0 Å². The van der Waals surface area contributed by atoms with E-state index in [4.69, 9.17) is 5.73 Å². The molecule has 0 radical (unpaired) electrons. The Hall–Kier alpha value is -0.0800. The number of nitrogens with two attached hydrogens (primary N) is 1. The highest BCUT2D eigenvalue weighted by atomic mass is 14.9. The smallest absolute Gasteiger partial charge is 0.00674 e. The van der Waals surface area contributed by atoms with Gasteiger partial charge in [0.05, 0.1) is 0 Å². The van der Waals surface area contributed by atoms with Gasteiger partial charge in [-0.3, -0.25) is 0 Å². The molecule has 0 saturated carbocycles. The molecule has 2 unspecified atom stereocenters. The lowest BCUT2D eigenvalue weighted by Gasteiger charge is -2.29. The van der Waals surface area contributed by atoms with Crippen molar-refractivity contribution in [3.05, 3.63) is 0 Å². The molecule has 1 saturated heterocycles. The fourth-order valence-corrected chi connectivity index (χ4v) is 1.72. The summed E-state index contributed by atoms with van der Waals surface area (Å²) in [5.74, 6) is 0.832. The Kier molecular flexibility index (Phi) is 3.16. The quantitative estimate of drug-likeness (QED) is 0.596. The molecule has 2 nitrogen and oxygen atoms in total. The molecule has 0 aromatic heterocycles. The van der Waals surface area contributed by atoms with Crippen LogP contribution < -0.4 is 11.1 Å². The average molecular weight is 142 g/mol. The van der Waals surface area contributed by atoms with E-state index in [0.717, 1.165) is 12.5 Å². The van der Waals surface area contributed by atoms with Crippen LogP contribution in [0.1, 0.15) is 26.2 Å². The van der Waals surface area contributed by atoms with Crippen molar-refractivity contribution in [3.63, 3.8) is 0 Å². The highest BCUT2D eigenvalue weighted by Crippen LogP contribution is 2.18. The van der Waals surface area contributed by atoms with E-state index in [2.05, 4.69) is 12.2 Å². The third-order valence-electron chi connectivity index (χ3n) is 2.46. The van der Waals surface area contributed by atoms with Crippen molar-refractivity contribution >= 4 is 0 Å². The Labute approximate surface area is 63.2 Å². The molecule has 1 aliphatic rings. The Balaban J connectivity index is 2.25. The minimum Gasteiger partial charge on any atom is -0.330 e. The molecule has 2 heteroatoms. The topological polar surface area (TPSA) is 38.0 Å². The van der Waals surface area contributed by atoms with Gasteiger partial charge in [-0.2, -0.15) is 0 Å². The first-order chi connectivity index (χ1) is 4.84. The summed E-state index contributed by atoms with van der Waals surface area (Å²) >= 11 is 0. The van der Waals surface area contributed by atoms with Crippen LogP contribution in [0.25, 0.3) is 0 Å². The van der Waals surface area contributed by atoms with Gasteiger partial charge in [0.25, 0.3) is 0 Å². The third-order valence-corrected chi connectivity index (χ3v) is 2.46. The van der Waals surface area contributed by atoms with Crippen LogP contribution in [0.2, 0.25) is 0 Å². The molecule has 0 amide bonds. The minimum absolute atomic E-state index is 0.692. The Morgan fingerprint density at radius 1 is 1.60 bits per heavy atom. The van der Waals surface area contributed by atoms with Crippen LogP contribution in [0, 0.1) is 5.92 Å². The number of rotatable bonds is 2. The number of hydrogen-bond donors (Lipinski definition) is 2. The summed E-state index contributed by atoms with van der Waals surface area (Å²) in [5.41, 5.74) is 5.49. The summed E-state index contributed by atoms with van der Waals surface area (Å²) in [6.07, 6.45) is 3.88. The molecule has 0 spiro atoms. The van der Waals surface area contributed by atoms with Crippen molar-refractivity contribution in [3.8, 4) is 0 Å². The first-order valence-corrected chi connectivity index (χ1v) is 4.28. The molecule has 0 aromatic rings. The van der Waals surface area contributed by atoms with E-state index in [0.29, 0.717) is 6.04 Å². The van der Waals surface area contributed by atoms with Crippen LogP contribution in [-0.4, -0.2) is 19.1 Å². The highest BCUT2D eigenvalue weighted by Gasteiger charge is 2.18. The lowest BCUT2D eigenvalue weighted by molar-refractivity contribution is 0.284. The summed E-state index contributed by atoms with van der Waals surface area (Å²) in [7, 11) is 0. The van der Waals surface area contributed by atoms with Gasteiger partial charge in [-0.25, -0.2) is 0 Å². The van der Waals surface area contributed by atoms with Crippen LogP contribution in [0.5, 0.6) is 0 Å². The Morgan fingerprint density at radius 3 is 3.00 bits per heavy atom. The number of hydrogen-bond acceptors (Lipinski definition) is 2. The van der Waals surface area contributed by atoms with Crippen molar-refractivity contribution in [2.75, 3.05) is 13.1 Å². The molecule has 3 N–H and O–H groups in total. The minimum atomic E-state index is 0.692. The first kappa shape index (κ1) is 8.02. The van der Waals surface area contributed by atoms with Crippen molar-refractivity contribution in [1.82, 2.24) is 5.32 Å². The molecule has 1 fully saturated rings. The van der Waals surface area contributed by atoms with Gasteiger partial charge in [-0.05, 0) is 45.2 Å². The largest absolute Gasteiger partial charge is 0.330 e. The number of piperidine rings is 1. The van der Waals surface area contributed by atoms with E-state index >= 15 is 0 Å². The maximum absolute atomic E-state index is 5.49. The summed E-state index contributed by atoms with van der Waals surface area (Å²) in [4.78, 5) is 0. The van der Waals surface area contributed by atoms with E-state index < -0.39 is 0 Å². The molecule has 60 valence electrons. The molecule has 0 bridgehead atoms. The van der Waals surface area contributed by atoms with Crippen molar-refractivity contribution in [1.29, 1.82) is 0 Å². The zero-order valence-electron chi connectivity index (χ0n) is 6.77. The second-order valence-electron chi connectivity index (χ2n) is 3.22. The summed E-state index contributed by atoms with van der Waals surface area (Å²) in [6.45, 7) is 4.30. The number of nitrogens with one attached hydrogen (secondary N) is 1. The van der Waals surface area contributed by atoms with Crippen molar-refractivity contribution in [2.24, 2.45) is 11.7 Å². The lowest BCUT2D eigenvalue weighted by Crippen LogP contribution is -2.39. The predicted molar refractivity (Wildman–Crippen MR) is 43.9 cm³/mol. The predicted octanol–water partition coefficient (Wildman–Crippen LogP) is 0.723. The van der Waals surface area contributed by atoms with Gasteiger partial charge in [0.1, 0.15) is 0 Å². The van der Waals surface area contributed by atoms with Gasteiger partial charge in [-0.15, -0.1) is 0 Å². The van der Waals surface area contributed by atoms with Gasteiger partial charge in [-0.1, -0.05) is 0 Å². The van der Waals surface area contributed by atoms with Gasteiger partial charge in [0, 0.05) is 6.04 Å². The molecule has 1 rings (SSSR count). The molecule has 2 atom stereocenters. The van der Waals surface area contributed by atoms with Gasteiger partial charge in [0.2, 0.25) is 0 Å². The standard InChI is InChI=1S/C8H18N2/c1-7-8(4-5-9)3-2-6-10-7/h7-8,10H,2-6,9H2,1H3. The SMILES string of the molecule is CC1NCCCC1CCN. The molecule has 1 aliphatic heterocycles. The van der Waals surface area contributed by atoms with Crippen LogP contribution in [0.4, 0.5) is 0 Å². The van der Waals surface area contributed by atoms with Crippen LogP contribution in [0.15, 0.2) is 0 Å². The van der Waals surface area contributed by atoms with E-state index in [9.17, 15) is 0 Å². The molecular formula is C8H18N2. The Morgan fingerprint density at radius 2 is 2.40 bits per heavy atom. The normalized spacial score (nSPS) is 34.2. The maximum atomic E-state index is 5.49.